The molecule has 152 valence electrons. The maximum atomic E-state index is 11.4. The Morgan fingerprint density at radius 3 is 2.36 bits per heavy atom. The van der Waals surface area contributed by atoms with Gasteiger partial charge in [-0.25, -0.2) is 4.79 Å². The van der Waals surface area contributed by atoms with Crippen LogP contribution in [0.15, 0.2) is 24.3 Å². The lowest BCUT2D eigenvalue weighted by Gasteiger charge is -2.18. The van der Waals surface area contributed by atoms with Gasteiger partial charge >= 0.3 is 5.97 Å². The molecular formula is C21H24Cl2O5. The monoisotopic (exact) mass is 426 g/mol. The Hall–Kier alpha value is -2.11. The normalized spacial score (nSPS) is 10.8. The standard InChI is InChI=1S/C21H24Cl2O5/c1-5-27-19(25)11-28-14-9-16(22)15(17(23)10-14)8-13-6-7-18(24)20(12(2)3)21(13)26-4/h6-7,9-10,12,24H,5,8,11H2,1-4H3. The van der Waals surface area contributed by atoms with Gasteiger partial charge in [0, 0.05) is 22.0 Å². The third-order valence-electron chi connectivity index (χ3n) is 4.18. The summed E-state index contributed by atoms with van der Waals surface area (Å²) in [6.07, 6.45) is 0.416. The molecule has 0 fully saturated rings. The fourth-order valence-corrected chi connectivity index (χ4v) is 3.54. The van der Waals surface area contributed by atoms with E-state index in [9.17, 15) is 9.90 Å². The molecule has 2 aromatic rings. The fourth-order valence-electron chi connectivity index (χ4n) is 2.94. The fraction of sp³-hybridized carbons (Fsp3) is 0.381. The van der Waals surface area contributed by atoms with Gasteiger partial charge in [-0.05, 0) is 42.2 Å². The first-order valence-corrected chi connectivity index (χ1v) is 9.69. The Bertz CT molecular complexity index is 826. The summed E-state index contributed by atoms with van der Waals surface area (Å²) in [6.45, 7) is 5.76. The van der Waals surface area contributed by atoms with Gasteiger partial charge in [-0.15, -0.1) is 0 Å². The van der Waals surface area contributed by atoms with Crippen LogP contribution in [0.1, 0.15) is 43.4 Å². The molecular weight excluding hydrogens is 403 g/mol. The molecule has 2 rings (SSSR count). The van der Waals surface area contributed by atoms with E-state index in [1.165, 1.54) is 0 Å². The van der Waals surface area contributed by atoms with Crippen LogP contribution >= 0.6 is 23.2 Å². The predicted molar refractivity (Wildman–Crippen MR) is 110 cm³/mol. The Kier molecular flexibility index (Phi) is 7.84. The van der Waals surface area contributed by atoms with Gasteiger partial charge in [0.1, 0.15) is 17.2 Å². The maximum absolute atomic E-state index is 11.4. The number of aromatic hydroxyl groups is 1. The van der Waals surface area contributed by atoms with Crippen LogP contribution in [0.5, 0.6) is 17.2 Å². The lowest BCUT2D eigenvalue weighted by molar-refractivity contribution is -0.145. The molecule has 0 aromatic heterocycles. The highest BCUT2D eigenvalue weighted by Gasteiger charge is 2.19. The van der Waals surface area contributed by atoms with E-state index < -0.39 is 5.97 Å². The number of phenols is 1. The molecule has 0 aliphatic heterocycles. The minimum atomic E-state index is -0.464. The van der Waals surface area contributed by atoms with Crippen LogP contribution in [-0.2, 0) is 16.0 Å². The van der Waals surface area contributed by atoms with Crippen molar-refractivity contribution in [1.82, 2.24) is 0 Å². The lowest BCUT2D eigenvalue weighted by atomic mass is 9.94. The average Bonchev–Trinajstić information content (AvgIpc) is 2.63. The van der Waals surface area contributed by atoms with Gasteiger partial charge in [0.2, 0.25) is 0 Å². The summed E-state index contributed by atoms with van der Waals surface area (Å²) in [5.41, 5.74) is 2.29. The van der Waals surface area contributed by atoms with Crippen molar-refractivity contribution in [3.8, 4) is 17.2 Å². The Labute approximate surface area is 175 Å². The van der Waals surface area contributed by atoms with Crippen molar-refractivity contribution in [1.29, 1.82) is 0 Å². The van der Waals surface area contributed by atoms with Crippen LogP contribution in [0.25, 0.3) is 0 Å². The van der Waals surface area contributed by atoms with E-state index >= 15 is 0 Å². The molecule has 2 aromatic carbocycles. The van der Waals surface area contributed by atoms with Crippen LogP contribution in [0.2, 0.25) is 10.0 Å². The first kappa shape index (κ1) is 22.2. The summed E-state index contributed by atoms with van der Waals surface area (Å²) < 4.78 is 15.8. The second-order valence-corrected chi connectivity index (χ2v) is 7.30. The molecule has 0 bridgehead atoms. The number of halogens is 2. The number of benzene rings is 2. The highest BCUT2D eigenvalue weighted by Crippen LogP contribution is 2.40. The van der Waals surface area contributed by atoms with Gasteiger partial charge in [0.05, 0.1) is 13.7 Å². The van der Waals surface area contributed by atoms with Crippen molar-refractivity contribution in [2.45, 2.75) is 33.1 Å². The van der Waals surface area contributed by atoms with Gasteiger partial charge in [-0.2, -0.15) is 0 Å². The van der Waals surface area contributed by atoms with Gasteiger partial charge in [0.25, 0.3) is 0 Å². The van der Waals surface area contributed by atoms with Gasteiger partial charge in [-0.3, -0.25) is 0 Å². The molecule has 0 saturated carbocycles. The molecule has 0 spiro atoms. The Morgan fingerprint density at radius 2 is 1.82 bits per heavy atom. The van der Waals surface area contributed by atoms with Gasteiger partial charge in [-0.1, -0.05) is 43.1 Å². The molecule has 28 heavy (non-hydrogen) atoms. The number of ether oxygens (including phenoxy) is 3. The second kappa shape index (κ2) is 9.89. The average molecular weight is 427 g/mol. The molecule has 1 N–H and O–H groups in total. The zero-order chi connectivity index (χ0) is 20.8. The Morgan fingerprint density at radius 1 is 1.18 bits per heavy atom. The van der Waals surface area contributed by atoms with Crippen LogP contribution in [0.4, 0.5) is 0 Å². The lowest BCUT2D eigenvalue weighted by Crippen LogP contribution is -2.14. The molecule has 7 heteroatoms. The molecule has 0 aliphatic carbocycles. The van der Waals surface area contributed by atoms with Crippen LogP contribution < -0.4 is 9.47 Å². The summed E-state index contributed by atoms with van der Waals surface area (Å²) in [7, 11) is 1.57. The summed E-state index contributed by atoms with van der Waals surface area (Å²) in [6, 6.07) is 6.65. The van der Waals surface area contributed by atoms with Crippen LogP contribution in [0.3, 0.4) is 0 Å². The zero-order valence-electron chi connectivity index (χ0n) is 16.3. The molecule has 0 atom stereocenters. The third kappa shape index (κ3) is 5.24. The molecule has 0 saturated heterocycles. The van der Waals surface area contributed by atoms with Crippen molar-refractivity contribution >= 4 is 29.2 Å². The first-order chi connectivity index (χ1) is 13.3. The smallest absolute Gasteiger partial charge is 0.344 e. The van der Waals surface area contributed by atoms with Crippen molar-refractivity contribution in [3.05, 3.63) is 51.0 Å². The topological polar surface area (TPSA) is 65.0 Å². The third-order valence-corrected chi connectivity index (χ3v) is 4.85. The molecule has 0 amide bonds. The van der Waals surface area contributed by atoms with E-state index in [0.29, 0.717) is 33.5 Å². The second-order valence-electron chi connectivity index (χ2n) is 6.48. The summed E-state index contributed by atoms with van der Waals surface area (Å²) in [4.78, 5) is 11.4. The number of methoxy groups -OCH3 is 1. The minimum absolute atomic E-state index is 0.0829. The molecule has 0 aliphatic rings. The van der Waals surface area contributed by atoms with E-state index in [1.54, 1.807) is 38.3 Å². The van der Waals surface area contributed by atoms with Gasteiger partial charge in [0.15, 0.2) is 6.61 Å². The summed E-state index contributed by atoms with van der Waals surface area (Å²) >= 11 is 12.8. The van der Waals surface area contributed by atoms with E-state index in [2.05, 4.69) is 0 Å². The van der Waals surface area contributed by atoms with Crippen molar-refractivity contribution < 1.29 is 24.1 Å². The van der Waals surface area contributed by atoms with Gasteiger partial charge < -0.3 is 19.3 Å². The van der Waals surface area contributed by atoms with Crippen molar-refractivity contribution in [2.24, 2.45) is 0 Å². The SMILES string of the molecule is CCOC(=O)COc1cc(Cl)c(Cc2ccc(O)c(C(C)C)c2OC)c(Cl)c1. The highest BCUT2D eigenvalue weighted by atomic mass is 35.5. The number of phenolic OH excluding ortho intramolecular Hbond substituents is 1. The van der Waals surface area contributed by atoms with Crippen molar-refractivity contribution in [2.75, 3.05) is 20.3 Å². The van der Waals surface area contributed by atoms with Crippen molar-refractivity contribution in [3.63, 3.8) is 0 Å². The minimum Gasteiger partial charge on any atom is -0.508 e. The molecule has 0 unspecified atom stereocenters. The molecule has 0 radical (unpaired) electrons. The maximum Gasteiger partial charge on any atom is 0.344 e. The van der Waals surface area contributed by atoms with Crippen LogP contribution in [-0.4, -0.2) is 31.4 Å². The number of hydrogen-bond acceptors (Lipinski definition) is 5. The quantitative estimate of drug-likeness (QED) is 0.575. The number of hydrogen-bond donors (Lipinski definition) is 1. The van der Waals surface area contributed by atoms with E-state index in [0.717, 1.165) is 11.1 Å². The largest absolute Gasteiger partial charge is 0.508 e. The molecule has 0 heterocycles. The van der Waals surface area contributed by atoms with E-state index in [1.807, 2.05) is 13.8 Å². The number of carbonyl (C=O) groups is 1. The number of rotatable bonds is 8. The summed E-state index contributed by atoms with van der Waals surface area (Å²) in [5.74, 6) is 0.806. The summed E-state index contributed by atoms with van der Waals surface area (Å²) in [5, 5.41) is 11.0. The highest BCUT2D eigenvalue weighted by molar-refractivity contribution is 6.36. The zero-order valence-corrected chi connectivity index (χ0v) is 17.9. The van der Waals surface area contributed by atoms with E-state index in [-0.39, 0.29) is 24.9 Å². The molecule has 5 nitrogen and oxygen atoms in total. The van der Waals surface area contributed by atoms with Crippen LogP contribution in [0, 0.1) is 0 Å². The predicted octanol–water partition coefficient (Wildman–Crippen LogP) is 5.36. The number of carbonyl (C=O) groups excluding carboxylic acids is 1. The first-order valence-electron chi connectivity index (χ1n) is 8.93. The Balaban J connectivity index is 2.30. The number of esters is 1. The van der Waals surface area contributed by atoms with E-state index in [4.69, 9.17) is 37.4 Å².